The summed E-state index contributed by atoms with van der Waals surface area (Å²) in [5.41, 5.74) is 5.70. The number of aliphatic carboxylic acids is 1. The largest absolute Gasteiger partial charge is 0.480 e. The molecule has 0 aliphatic heterocycles. The fourth-order valence-electron chi connectivity index (χ4n) is 1.56. The first-order valence-electron chi connectivity index (χ1n) is 6.08. The second-order valence-corrected chi connectivity index (χ2v) is 4.95. The Morgan fingerprint density at radius 3 is 2.18 bits per heavy atom. The Bertz CT molecular complexity index is 266. The first-order chi connectivity index (χ1) is 7.79. The van der Waals surface area contributed by atoms with Gasteiger partial charge in [-0.1, -0.05) is 34.1 Å². The Labute approximate surface area is 103 Å². The smallest absolute Gasteiger partial charge is 0.326 e. The van der Waals surface area contributed by atoms with E-state index in [4.69, 9.17) is 10.8 Å². The van der Waals surface area contributed by atoms with Crippen LogP contribution in [0.25, 0.3) is 0 Å². The van der Waals surface area contributed by atoms with Crippen molar-refractivity contribution in [1.82, 2.24) is 5.32 Å². The number of nitrogens with two attached hydrogens (primary N) is 1. The van der Waals surface area contributed by atoms with Gasteiger partial charge in [-0.3, -0.25) is 4.79 Å². The standard InChI is InChI=1S/C12H24N2O3/c1-5-8(4)10(12(16)17)14-11(15)9(13)6-7(2)3/h7-10H,5-6,13H2,1-4H3,(H,14,15)(H,16,17)/t8?,9-,10?/m0/s1. The molecule has 5 nitrogen and oxygen atoms in total. The van der Waals surface area contributed by atoms with E-state index in [0.717, 1.165) is 0 Å². The number of carbonyl (C=O) groups is 2. The average molecular weight is 244 g/mol. The second-order valence-electron chi connectivity index (χ2n) is 4.95. The number of carboxylic acids is 1. The minimum absolute atomic E-state index is 0.109. The molecule has 3 atom stereocenters. The maximum atomic E-state index is 11.7. The zero-order valence-electron chi connectivity index (χ0n) is 11.1. The summed E-state index contributed by atoms with van der Waals surface area (Å²) in [6.45, 7) is 7.63. The van der Waals surface area contributed by atoms with Crippen LogP contribution in [0.1, 0.15) is 40.5 Å². The van der Waals surface area contributed by atoms with Gasteiger partial charge >= 0.3 is 5.97 Å². The first kappa shape index (κ1) is 15.9. The van der Waals surface area contributed by atoms with Gasteiger partial charge in [-0.05, 0) is 18.3 Å². The minimum atomic E-state index is -1.01. The van der Waals surface area contributed by atoms with Crippen molar-refractivity contribution in [3.05, 3.63) is 0 Å². The fourth-order valence-corrected chi connectivity index (χ4v) is 1.56. The molecule has 4 N–H and O–H groups in total. The molecule has 0 aromatic heterocycles. The van der Waals surface area contributed by atoms with E-state index in [2.05, 4.69) is 5.32 Å². The topological polar surface area (TPSA) is 92.4 Å². The van der Waals surface area contributed by atoms with Crippen LogP contribution < -0.4 is 11.1 Å². The van der Waals surface area contributed by atoms with Crippen molar-refractivity contribution in [2.24, 2.45) is 17.6 Å². The van der Waals surface area contributed by atoms with Gasteiger partial charge in [0.2, 0.25) is 5.91 Å². The molecule has 0 bridgehead atoms. The summed E-state index contributed by atoms with van der Waals surface area (Å²) in [4.78, 5) is 22.7. The van der Waals surface area contributed by atoms with E-state index < -0.39 is 18.1 Å². The highest BCUT2D eigenvalue weighted by molar-refractivity contribution is 5.86. The number of hydrogen-bond donors (Lipinski definition) is 3. The lowest BCUT2D eigenvalue weighted by molar-refractivity contribution is -0.143. The number of hydrogen-bond acceptors (Lipinski definition) is 3. The van der Waals surface area contributed by atoms with Crippen molar-refractivity contribution in [3.63, 3.8) is 0 Å². The number of amides is 1. The van der Waals surface area contributed by atoms with Gasteiger partial charge in [0.15, 0.2) is 0 Å². The maximum absolute atomic E-state index is 11.7. The van der Waals surface area contributed by atoms with Crippen molar-refractivity contribution >= 4 is 11.9 Å². The third-order valence-electron chi connectivity index (χ3n) is 2.84. The zero-order chi connectivity index (χ0) is 13.6. The molecule has 0 aromatic carbocycles. The Hall–Kier alpha value is -1.10. The van der Waals surface area contributed by atoms with Gasteiger partial charge in [-0.2, -0.15) is 0 Å². The Kier molecular flexibility index (Phi) is 6.80. The van der Waals surface area contributed by atoms with E-state index >= 15 is 0 Å². The van der Waals surface area contributed by atoms with Crippen molar-refractivity contribution < 1.29 is 14.7 Å². The highest BCUT2D eigenvalue weighted by Gasteiger charge is 2.27. The van der Waals surface area contributed by atoms with Crippen LogP contribution >= 0.6 is 0 Å². The lowest BCUT2D eigenvalue weighted by Gasteiger charge is -2.22. The number of carboxylic acid groups (broad SMARTS) is 1. The highest BCUT2D eigenvalue weighted by atomic mass is 16.4. The first-order valence-corrected chi connectivity index (χ1v) is 6.08. The van der Waals surface area contributed by atoms with Crippen LogP contribution in [0.3, 0.4) is 0 Å². The van der Waals surface area contributed by atoms with E-state index in [1.54, 1.807) is 6.92 Å². The Morgan fingerprint density at radius 2 is 1.82 bits per heavy atom. The summed E-state index contributed by atoms with van der Waals surface area (Å²) >= 11 is 0. The molecule has 0 spiro atoms. The van der Waals surface area contributed by atoms with Gasteiger partial charge in [0.1, 0.15) is 6.04 Å². The van der Waals surface area contributed by atoms with Gasteiger partial charge in [0, 0.05) is 0 Å². The van der Waals surface area contributed by atoms with Crippen LogP contribution in [0.2, 0.25) is 0 Å². The molecule has 100 valence electrons. The van der Waals surface area contributed by atoms with E-state index in [1.807, 2.05) is 20.8 Å². The summed E-state index contributed by atoms with van der Waals surface area (Å²) in [6.07, 6.45) is 1.25. The van der Waals surface area contributed by atoms with Crippen molar-refractivity contribution in [2.75, 3.05) is 0 Å². The monoisotopic (exact) mass is 244 g/mol. The fraction of sp³-hybridized carbons (Fsp3) is 0.833. The van der Waals surface area contributed by atoms with Crippen LogP contribution in [0.5, 0.6) is 0 Å². The molecule has 2 unspecified atom stereocenters. The zero-order valence-corrected chi connectivity index (χ0v) is 11.1. The lowest BCUT2D eigenvalue weighted by Crippen LogP contribution is -2.51. The summed E-state index contributed by atoms with van der Waals surface area (Å²) in [7, 11) is 0. The molecular formula is C12H24N2O3. The second kappa shape index (κ2) is 7.27. The van der Waals surface area contributed by atoms with Crippen LogP contribution in [-0.4, -0.2) is 29.1 Å². The highest BCUT2D eigenvalue weighted by Crippen LogP contribution is 2.09. The minimum Gasteiger partial charge on any atom is -0.480 e. The predicted molar refractivity (Wildman–Crippen MR) is 66.5 cm³/mol. The number of rotatable bonds is 7. The molecule has 17 heavy (non-hydrogen) atoms. The Morgan fingerprint density at radius 1 is 1.29 bits per heavy atom. The molecule has 0 aliphatic carbocycles. The summed E-state index contributed by atoms with van der Waals surface area (Å²) in [5.74, 6) is -1.19. The maximum Gasteiger partial charge on any atom is 0.326 e. The van der Waals surface area contributed by atoms with Crippen LogP contribution in [-0.2, 0) is 9.59 Å². The van der Waals surface area contributed by atoms with Crippen LogP contribution in [0.15, 0.2) is 0 Å². The van der Waals surface area contributed by atoms with Gasteiger partial charge in [0.05, 0.1) is 6.04 Å². The van der Waals surface area contributed by atoms with Crippen LogP contribution in [0.4, 0.5) is 0 Å². The van der Waals surface area contributed by atoms with Gasteiger partial charge in [-0.15, -0.1) is 0 Å². The molecule has 5 heteroatoms. The Balaban J connectivity index is 4.45. The molecule has 0 saturated carbocycles. The summed E-state index contributed by atoms with van der Waals surface area (Å²) < 4.78 is 0. The number of carbonyl (C=O) groups excluding carboxylic acids is 1. The van der Waals surface area contributed by atoms with E-state index in [0.29, 0.717) is 18.8 Å². The molecule has 0 saturated heterocycles. The van der Waals surface area contributed by atoms with Crippen molar-refractivity contribution in [1.29, 1.82) is 0 Å². The molecule has 0 fully saturated rings. The number of nitrogens with one attached hydrogen (secondary N) is 1. The molecule has 0 aromatic rings. The molecule has 0 aliphatic rings. The average Bonchev–Trinajstić information content (AvgIpc) is 2.22. The van der Waals surface area contributed by atoms with Crippen molar-refractivity contribution in [3.8, 4) is 0 Å². The van der Waals surface area contributed by atoms with E-state index in [9.17, 15) is 9.59 Å². The summed E-state index contributed by atoms with van der Waals surface area (Å²) in [6, 6.07) is -1.49. The van der Waals surface area contributed by atoms with E-state index in [1.165, 1.54) is 0 Å². The lowest BCUT2D eigenvalue weighted by atomic mass is 9.98. The van der Waals surface area contributed by atoms with E-state index in [-0.39, 0.29) is 11.8 Å². The van der Waals surface area contributed by atoms with Gasteiger partial charge in [-0.25, -0.2) is 4.79 Å². The van der Waals surface area contributed by atoms with Crippen molar-refractivity contribution in [2.45, 2.75) is 52.6 Å². The predicted octanol–water partition coefficient (Wildman–Crippen LogP) is 0.975. The molecule has 0 radical (unpaired) electrons. The molecular weight excluding hydrogens is 220 g/mol. The molecule has 0 rings (SSSR count). The van der Waals surface area contributed by atoms with Gasteiger partial charge < -0.3 is 16.2 Å². The quantitative estimate of drug-likeness (QED) is 0.622. The SMILES string of the molecule is CCC(C)C(NC(=O)[C@@H](N)CC(C)C)C(=O)O. The normalized spacial score (nSPS) is 16.4. The van der Waals surface area contributed by atoms with Crippen LogP contribution in [0, 0.1) is 11.8 Å². The van der Waals surface area contributed by atoms with Gasteiger partial charge in [0.25, 0.3) is 0 Å². The third kappa shape index (κ3) is 5.68. The third-order valence-corrected chi connectivity index (χ3v) is 2.84. The molecule has 0 heterocycles. The molecule has 1 amide bonds. The summed E-state index contributed by atoms with van der Waals surface area (Å²) in [5, 5.41) is 11.5.